The summed E-state index contributed by atoms with van der Waals surface area (Å²) in [5, 5.41) is 3.48. The van der Waals surface area contributed by atoms with Gasteiger partial charge in [-0.05, 0) is 18.1 Å². The molecule has 0 aromatic carbocycles. The summed E-state index contributed by atoms with van der Waals surface area (Å²) in [5.41, 5.74) is 0. The molecule has 1 saturated heterocycles. The highest BCUT2D eigenvalue weighted by Gasteiger charge is 2.38. The van der Waals surface area contributed by atoms with E-state index in [0.717, 1.165) is 13.1 Å². The third kappa shape index (κ3) is 3.40. The van der Waals surface area contributed by atoms with Crippen molar-refractivity contribution in [2.75, 3.05) is 19.7 Å². The number of carbonyl (C=O) groups excluding carboxylic acids is 1. The fourth-order valence-corrected chi connectivity index (χ4v) is 2.53. The van der Waals surface area contributed by atoms with Crippen LogP contribution in [0.1, 0.15) is 27.2 Å². The first kappa shape index (κ1) is 13.9. The Kier molecular flexibility index (Phi) is 4.32. The number of nitrogens with one attached hydrogen (secondary N) is 1. The highest BCUT2D eigenvalue weighted by molar-refractivity contribution is 6.74. The summed E-state index contributed by atoms with van der Waals surface area (Å²) < 4.78 is 6.08. The van der Waals surface area contributed by atoms with E-state index in [4.69, 9.17) is 4.43 Å². The van der Waals surface area contributed by atoms with Crippen molar-refractivity contribution in [3.63, 3.8) is 0 Å². The molecule has 1 atom stereocenters. The van der Waals surface area contributed by atoms with Crippen LogP contribution < -0.4 is 5.32 Å². The predicted octanol–water partition coefficient (Wildman–Crippen LogP) is 2.19. The minimum Gasteiger partial charge on any atom is -0.416 e. The topological polar surface area (TPSA) is 38.3 Å². The summed E-state index contributed by atoms with van der Waals surface area (Å²) >= 11 is 0. The quantitative estimate of drug-likeness (QED) is 0.772. The maximum Gasteiger partial charge on any atom is 0.192 e. The largest absolute Gasteiger partial charge is 0.416 e. The molecular formula is C12H25NO2Si. The number of piperidine rings is 1. The summed E-state index contributed by atoms with van der Waals surface area (Å²) in [6.45, 7) is 13.3. The van der Waals surface area contributed by atoms with Crippen LogP contribution in [0.3, 0.4) is 0 Å². The Morgan fingerprint density at radius 3 is 2.56 bits per heavy atom. The van der Waals surface area contributed by atoms with Crippen molar-refractivity contribution >= 4 is 14.1 Å². The standard InChI is InChI=1S/C12H25NO2Si/c1-12(2,3)16(4,5)15-9-10-8-13-7-6-11(10)14/h10,13H,6-9H2,1-5H3. The second-order valence-electron chi connectivity index (χ2n) is 6.19. The molecule has 0 radical (unpaired) electrons. The van der Waals surface area contributed by atoms with Crippen molar-refractivity contribution in [3.8, 4) is 0 Å². The summed E-state index contributed by atoms with van der Waals surface area (Å²) in [7, 11) is -1.70. The third-order valence-corrected chi connectivity index (χ3v) is 8.35. The van der Waals surface area contributed by atoms with Crippen LogP contribution in [0.2, 0.25) is 18.1 Å². The summed E-state index contributed by atoms with van der Waals surface area (Å²) in [6.07, 6.45) is 0.658. The van der Waals surface area contributed by atoms with E-state index in [-0.39, 0.29) is 11.0 Å². The van der Waals surface area contributed by atoms with Gasteiger partial charge >= 0.3 is 0 Å². The Hall–Kier alpha value is -0.193. The van der Waals surface area contributed by atoms with Gasteiger partial charge in [0.2, 0.25) is 0 Å². The molecule has 1 N–H and O–H groups in total. The van der Waals surface area contributed by atoms with E-state index in [1.807, 2.05) is 0 Å². The minimum absolute atomic E-state index is 0.0721. The number of rotatable bonds is 3. The molecule has 0 aliphatic carbocycles. The molecule has 0 amide bonds. The molecule has 0 spiro atoms. The fourth-order valence-electron chi connectivity index (χ4n) is 1.48. The summed E-state index contributed by atoms with van der Waals surface area (Å²) in [6, 6.07) is 0. The van der Waals surface area contributed by atoms with E-state index in [9.17, 15) is 4.79 Å². The molecular weight excluding hydrogens is 218 g/mol. The van der Waals surface area contributed by atoms with Crippen LogP contribution in [0.5, 0.6) is 0 Å². The second-order valence-corrected chi connectivity index (χ2v) is 11.0. The summed E-state index contributed by atoms with van der Waals surface area (Å²) in [4.78, 5) is 11.7. The van der Waals surface area contributed by atoms with Crippen molar-refractivity contribution in [3.05, 3.63) is 0 Å². The van der Waals surface area contributed by atoms with Crippen LogP contribution in [0.25, 0.3) is 0 Å². The SMILES string of the molecule is CC(C)(C)[Si](C)(C)OCC1CNCCC1=O. The van der Waals surface area contributed by atoms with Gasteiger partial charge < -0.3 is 9.74 Å². The van der Waals surface area contributed by atoms with Crippen LogP contribution in [-0.4, -0.2) is 33.8 Å². The zero-order valence-electron chi connectivity index (χ0n) is 11.2. The molecule has 94 valence electrons. The number of hydrogen-bond donors (Lipinski definition) is 1. The highest BCUT2D eigenvalue weighted by atomic mass is 28.4. The van der Waals surface area contributed by atoms with Crippen molar-refractivity contribution in [2.24, 2.45) is 5.92 Å². The molecule has 1 unspecified atom stereocenters. The van der Waals surface area contributed by atoms with Gasteiger partial charge in [0.25, 0.3) is 0 Å². The lowest BCUT2D eigenvalue weighted by Gasteiger charge is -2.37. The lowest BCUT2D eigenvalue weighted by Crippen LogP contribution is -2.45. The van der Waals surface area contributed by atoms with Crippen molar-refractivity contribution < 1.29 is 9.22 Å². The first-order valence-corrected chi connectivity index (χ1v) is 9.02. The first-order valence-electron chi connectivity index (χ1n) is 6.11. The second kappa shape index (κ2) is 4.98. The first-order chi connectivity index (χ1) is 7.24. The predicted molar refractivity (Wildman–Crippen MR) is 69.1 cm³/mol. The average Bonchev–Trinajstić information content (AvgIpc) is 2.15. The molecule has 1 rings (SSSR count). The van der Waals surface area contributed by atoms with Crippen molar-refractivity contribution in [2.45, 2.75) is 45.3 Å². The highest BCUT2D eigenvalue weighted by Crippen LogP contribution is 2.36. The molecule has 0 bridgehead atoms. The van der Waals surface area contributed by atoms with E-state index in [0.29, 0.717) is 18.8 Å². The van der Waals surface area contributed by atoms with Crippen LogP contribution in [0.4, 0.5) is 0 Å². The number of hydrogen-bond acceptors (Lipinski definition) is 3. The van der Waals surface area contributed by atoms with Crippen LogP contribution in [0, 0.1) is 5.92 Å². The van der Waals surface area contributed by atoms with Crippen molar-refractivity contribution in [1.82, 2.24) is 5.32 Å². The maximum absolute atomic E-state index is 11.7. The van der Waals surface area contributed by atoms with Gasteiger partial charge in [-0.15, -0.1) is 0 Å². The molecule has 1 fully saturated rings. The Labute approximate surface area is 100 Å². The molecule has 0 saturated carbocycles. The van der Waals surface area contributed by atoms with Gasteiger partial charge in [0, 0.05) is 26.1 Å². The van der Waals surface area contributed by atoms with Gasteiger partial charge in [-0.1, -0.05) is 20.8 Å². The van der Waals surface area contributed by atoms with Gasteiger partial charge in [-0.25, -0.2) is 0 Å². The van der Waals surface area contributed by atoms with E-state index < -0.39 is 8.32 Å². The molecule has 0 aromatic heterocycles. The van der Waals surface area contributed by atoms with E-state index in [1.54, 1.807) is 0 Å². The lowest BCUT2D eigenvalue weighted by atomic mass is 9.99. The Morgan fingerprint density at radius 2 is 2.06 bits per heavy atom. The Balaban J connectivity index is 2.47. The molecule has 1 aliphatic rings. The Morgan fingerprint density at radius 1 is 1.44 bits per heavy atom. The lowest BCUT2D eigenvalue weighted by molar-refractivity contribution is -0.124. The van der Waals surface area contributed by atoms with Crippen LogP contribution >= 0.6 is 0 Å². The van der Waals surface area contributed by atoms with Gasteiger partial charge in [-0.3, -0.25) is 4.79 Å². The van der Waals surface area contributed by atoms with Crippen LogP contribution in [0.15, 0.2) is 0 Å². The third-order valence-electron chi connectivity index (χ3n) is 3.85. The molecule has 3 nitrogen and oxygen atoms in total. The number of Topliss-reactive ketones (excluding diaryl/α,β-unsaturated/α-hetero) is 1. The fraction of sp³-hybridized carbons (Fsp3) is 0.917. The zero-order chi connectivity index (χ0) is 12.4. The average molecular weight is 243 g/mol. The number of carbonyl (C=O) groups is 1. The van der Waals surface area contributed by atoms with Gasteiger partial charge in [0.05, 0.1) is 5.92 Å². The van der Waals surface area contributed by atoms with Crippen molar-refractivity contribution in [1.29, 1.82) is 0 Å². The molecule has 16 heavy (non-hydrogen) atoms. The minimum atomic E-state index is -1.70. The Bertz CT molecular complexity index is 258. The zero-order valence-corrected chi connectivity index (χ0v) is 12.2. The molecule has 1 aliphatic heterocycles. The molecule has 4 heteroatoms. The van der Waals surface area contributed by atoms with E-state index in [2.05, 4.69) is 39.2 Å². The van der Waals surface area contributed by atoms with E-state index >= 15 is 0 Å². The summed E-state index contributed by atoms with van der Waals surface area (Å²) in [5.74, 6) is 0.431. The maximum atomic E-state index is 11.7. The van der Waals surface area contributed by atoms with Crippen LogP contribution in [-0.2, 0) is 9.22 Å². The van der Waals surface area contributed by atoms with Gasteiger partial charge in [0.1, 0.15) is 5.78 Å². The van der Waals surface area contributed by atoms with Gasteiger partial charge in [-0.2, -0.15) is 0 Å². The normalized spacial score (nSPS) is 23.6. The number of ketones is 1. The van der Waals surface area contributed by atoms with Gasteiger partial charge in [0.15, 0.2) is 8.32 Å². The smallest absolute Gasteiger partial charge is 0.192 e. The monoisotopic (exact) mass is 243 g/mol. The van der Waals surface area contributed by atoms with E-state index in [1.165, 1.54) is 0 Å². The molecule has 1 heterocycles. The molecule has 0 aromatic rings.